The van der Waals surface area contributed by atoms with Crippen LogP contribution >= 0.6 is 0 Å². The number of benzene rings is 1. The van der Waals surface area contributed by atoms with Crippen molar-refractivity contribution < 1.29 is 13.2 Å². The van der Waals surface area contributed by atoms with Gasteiger partial charge < -0.3 is 4.74 Å². The molecule has 2 aliphatic heterocycles. The van der Waals surface area contributed by atoms with E-state index in [1.54, 1.807) is 11.4 Å². The molecule has 140 valence electrons. The summed E-state index contributed by atoms with van der Waals surface area (Å²) < 4.78 is 32.7. The van der Waals surface area contributed by atoms with Gasteiger partial charge in [0.1, 0.15) is 5.75 Å². The molecule has 0 spiro atoms. The Balaban J connectivity index is 1.65. The van der Waals surface area contributed by atoms with E-state index in [-0.39, 0.29) is 11.2 Å². The number of ether oxygens (including phenoxy) is 1. The molecule has 2 fully saturated rings. The molecule has 2 atom stereocenters. The Morgan fingerprint density at radius 2 is 2.00 bits per heavy atom. The minimum Gasteiger partial charge on any atom is -0.497 e. The molecule has 2 aliphatic rings. The first-order chi connectivity index (χ1) is 11.9. The molecule has 0 radical (unpaired) electrons. The van der Waals surface area contributed by atoms with Crippen molar-refractivity contribution in [2.24, 2.45) is 11.8 Å². The van der Waals surface area contributed by atoms with Gasteiger partial charge in [0.05, 0.1) is 12.4 Å². The zero-order valence-electron chi connectivity index (χ0n) is 15.5. The molecule has 25 heavy (non-hydrogen) atoms. The van der Waals surface area contributed by atoms with Crippen LogP contribution < -0.4 is 4.74 Å². The topological polar surface area (TPSA) is 49.9 Å². The van der Waals surface area contributed by atoms with Gasteiger partial charge in [-0.3, -0.25) is 4.90 Å². The fraction of sp³-hybridized carbons (Fsp3) is 0.684. The second-order valence-corrected chi connectivity index (χ2v) is 9.91. The summed E-state index contributed by atoms with van der Waals surface area (Å²) in [4.78, 5) is 2.38. The molecule has 3 rings (SSSR count). The third-order valence-corrected chi connectivity index (χ3v) is 7.77. The maximum atomic E-state index is 12.9. The van der Waals surface area contributed by atoms with E-state index in [1.807, 2.05) is 12.1 Å². The molecular formula is C19H30N2O3S. The number of rotatable bonds is 5. The molecule has 0 unspecified atom stereocenters. The SMILES string of the molecule is COc1cccc(CN2CC[C@H]3CN(CC(C)C)S(=O)(=O)[C@H]3CC2)c1. The monoisotopic (exact) mass is 366 g/mol. The number of hydrogen-bond donors (Lipinski definition) is 0. The first-order valence-electron chi connectivity index (χ1n) is 9.24. The van der Waals surface area contributed by atoms with Gasteiger partial charge in [-0.15, -0.1) is 0 Å². The van der Waals surface area contributed by atoms with Gasteiger partial charge in [-0.2, -0.15) is 0 Å². The summed E-state index contributed by atoms with van der Waals surface area (Å²) in [6, 6.07) is 8.13. The van der Waals surface area contributed by atoms with Gasteiger partial charge in [-0.1, -0.05) is 26.0 Å². The van der Waals surface area contributed by atoms with Crippen LogP contribution in [0.25, 0.3) is 0 Å². The fourth-order valence-electron chi connectivity index (χ4n) is 4.12. The molecule has 2 saturated heterocycles. The van der Waals surface area contributed by atoms with Crippen LogP contribution in [0.15, 0.2) is 24.3 Å². The van der Waals surface area contributed by atoms with Crippen molar-refractivity contribution in [1.29, 1.82) is 0 Å². The summed E-state index contributed by atoms with van der Waals surface area (Å²) >= 11 is 0. The predicted molar refractivity (Wildman–Crippen MR) is 100 cm³/mol. The van der Waals surface area contributed by atoms with Crippen LogP contribution in [0.3, 0.4) is 0 Å². The molecule has 0 aliphatic carbocycles. The van der Waals surface area contributed by atoms with Gasteiger partial charge in [0.25, 0.3) is 0 Å². The molecule has 0 aromatic heterocycles. The van der Waals surface area contributed by atoms with Crippen molar-refractivity contribution in [2.45, 2.75) is 38.5 Å². The van der Waals surface area contributed by atoms with E-state index in [1.165, 1.54) is 5.56 Å². The van der Waals surface area contributed by atoms with Crippen molar-refractivity contribution in [3.8, 4) is 5.75 Å². The highest BCUT2D eigenvalue weighted by Gasteiger charge is 2.46. The zero-order chi connectivity index (χ0) is 18.0. The quantitative estimate of drug-likeness (QED) is 0.804. The Hall–Kier alpha value is -1.11. The van der Waals surface area contributed by atoms with Gasteiger partial charge in [-0.05, 0) is 55.5 Å². The highest BCUT2D eigenvalue weighted by atomic mass is 32.2. The minimum absolute atomic E-state index is 0.193. The summed E-state index contributed by atoms with van der Waals surface area (Å²) in [6.07, 6.45) is 1.70. The standard InChI is InChI=1S/C19H30N2O3S/c1-15(2)12-21-14-17-7-9-20(10-8-19(17)25(21,22)23)13-16-5-4-6-18(11-16)24-3/h4-6,11,15,17,19H,7-10,12-14H2,1-3H3/t17-,19-/m0/s1. The number of nitrogens with zero attached hydrogens (tertiary/aromatic N) is 2. The molecular weight excluding hydrogens is 336 g/mol. The molecule has 1 aromatic carbocycles. The summed E-state index contributed by atoms with van der Waals surface area (Å²) in [6.45, 7) is 8.18. The summed E-state index contributed by atoms with van der Waals surface area (Å²) in [5.41, 5.74) is 1.22. The Morgan fingerprint density at radius 3 is 2.72 bits per heavy atom. The Bertz CT molecular complexity index is 690. The van der Waals surface area contributed by atoms with Crippen molar-refractivity contribution >= 4 is 10.0 Å². The maximum Gasteiger partial charge on any atom is 0.217 e. The summed E-state index contributed by atoms with van der Waals surface area (Å²) in [5, 5.41) is -0.193. The van der Waals surface area contributed by atoms with Crippen molar-refractivity contribution in [3.05, 3.63) is 29.8 Å². The lowest BCUT2D eigenvalue weighted by atomic mass is 10.0. The van der Waals surface area contributed by atoms with E-state index in [9.17, 15) is 8.42 Å². The van der Waals surface area contributed by atoms with Crippen LogP contribution in [0.4, 0.5) is 0 Å². The largest absolute Gasteiger partial charge is 0.497 e. The predicted octanol–water partition coefficient (Wildman–Crippen LogP) is 2.58. The summed E-state index contributed by atoms with van der Waals surface area (Å²) in [5.74, 6) is 1.52. The van der Waals surface area contributed by atoms with E-state index in [0.29, 0.717) is 19.0 Å². The first kappa shape index (κ1) is 18.7. The molecule has 0 N–H and O–H groups in total. The second-order valence-electron chi connectivity index (χ2n) is 7.76. The van der Waals surface area contributed by atoms with E-state index < -0.39 is 10.0 Å². The van der Waals surface area contributed by atoms with Gasteiger partial charge in [0, 0.05) is 19.6 Å². The average molecular weight is 367 g/mol. The van der Waals surface area contributed by atoms with Gasteiger partial charge in [0.15, 0.2) is 0 Å². The molecule has 2 heterocycles. The number of methoxy groups -OCH3 is 1. The van der Waals surface area contributed by atoms with E-state index in [0.717, 1.165) is 38.2 Å². The van der Waals surface area contributed by atoms with E-state index in [2.05, 4.69) is 30.9 Å². The lowest BCUT2D eigenvalue weighted by molar-refractivity contribution is 0.265. The molecule has 1 aromatic rings. The number of sulfonamides is 1. The van der Waals surface area contributed by atoms with Crippen LogP contribution in [0, 0.1) is 11.8 Å². The Morgan fingerprint density at radius 1 is 1.24 bits per heavy atom. The summed E-state index contributed by atoms with van der Waals surface area (Å²) in [7, 11) is -1.45. The first-order valence-corrected chi connectivity index (χ1v) is 10.7. The smallest absolute Gasteiger partial charge is 0.217 e. The third kappa shape index (κ3) is 4.18. The van der Waals surface area contributed by atoms with Crippen LogP contribution in [0.2, 0.25) is 0 Å². The van der Waals surface area contributed by atoms with E-state index in [4.69, 9.17) is 4.74 Å². The second kappa shape index (κ2) is 7.64. The van der Waals surface area contributed by atoms with Gasteiger partial charge in [-0.25, -0.2) is 12.7 Å². The van der Waals surface area contributed by atoms with Crippen LogP contribution in [-0.4, -0.2) is 56.2 Å². The molecule has 0 bridgehead atoms. The lowest BCUT2D eigenvalue weighted by Gasteiger charge is -2.22. The highest BCUT2D eigenvalue weighted by molar-refractivity contribution is 7.90. The lowest BCUT2D eigenvalue weighted by Crippen LogP contribution is -2.34. The number of hydrogen-bond acceptors (Lipinski definition) is 4. The third-order valence-electron chi connectivity index (χ3n) is 5.36. The van der Waals surface area contributed by atoms with Gasteiger partial charge >= 0.3 is 0 Å². The van der Waals surface area contributed by atoms with Crippen molar-refractivity contribution in [2.75, 3.05) is 33.3 Å². The van der Waals surface area contributed by atoms with Crippen LogP contribution in [0.5, 0.6) is 5.75 Å². The average Bonchev–Trinajstić information content (AvgIpc) is 2.71. The Labute approximate surface area is 152 Å². The van der Waals surface area contributed by atoms with Crippen LogP contribution in [0.1, 0.15) is 32.3 Å². The van der Waals surface area contributed by atoms with Crippen molar-refractivity contribution in [1.82, 2.24) is 9.21 Å². The van der Waals surface area contributed by atoms with Crippen LogP contribution in [-0.2, 0) is 16.6 Å². The fourth-order valence-corrected chi connectivity index (χ4v) is 6.52. The highest BCUT2D eigenvalue weighted by Crippen LogP contribution is 2.35. The zero-order valence-corrected chi connectivity index (χ0v) is 16.3. The molecule has 0 saturated carbocycles. The number of fused-ring (bicyclic) bond motifs is 1. The van der Waals surface area contributed by atoms with Crippen molar-refractivity contribution in [3.63, 3.8) is 0 Å². The molecule has 5 nitrogen and oxygen atoms in total. The molecule has 0 amide bonds. The number of likely N-dealkylation sites (tertiary alicyclic amines) is 1. The van der Waals surface area contributed by atoms with Gasteiger partial charge in [0.2, 0.25) is 10.0 Å². The molecule has 6 heteroatoms. The maximum absolute atomic E-state index is 12.9. The Kier molecular flexibility index (Phi) is 5.71. The minimum atomic E-state index is -3.13. The normalized spacial score (nSPS) is 27.2. The van der Waals surface area contributed by atoms with E-state index >= 15 is 0 Å².